The minimum atomic E-state index is -8.78. The van der Waals surface area contributed by atoms with Crippen LogP contribution in [0.25, 0.3) is 0 Å². The third kappa shape index (κ3) is 7.83. The third-order valence-corrected chi connectivity index (χ3v) is 10.9. The molecule has 61 heavy (non-hydrogen) atoms. The number of methoxy groups -OCH3 is 1. The highest BCUT2D eigenvalue weighted by Crippen LogP contribution is 2.64. The Kier molecular flexibility index (Phi) is 13.6. The predicted octanol–water partition coefficient (Wildman–Crippen LogP) is 8.07. The van der Waals surface area contributed by atoms with Crippen molar-refractivity contribution in [3.63, 3.8) is 0 Å². The standard InChI is InChI=1S/C35H38F17N3O6/c1-7-26(3,4)53-16-19(56)55-22(17-10-12-18(60-6)13-11-17)20-21(24(58)54(8-2)23(20)57)27(55,5)25(59)61-15-9-14-28(36,37)29(38,39)30(40,41)31(42,43)32(44,45)33(46,47)34(48,49)35(50,51)52/h10-13,20-22,53H,7-9,14-16H2,1-6H3/t20-,21-,22-,27-/m1/s1. The summed E-state index contributed by atoms with van der Waals surface area (Å²) in [5.41, 5.74) is -3.20. The van der Waals surface area contributed by atoms with E-state index in [1.54, 1.807) is 20.8 Å². The first-order valence-electron chi connectivity index (χ1n) is 17.8. The Morgan fingerprint density at radius 1 is 0.738 bits per heavy atom. The zero-order chi connectivity index (χ0) is 47.5. The lowest BCUT2D eigenvalue weighted by Gasteiger charge is -2.42. The highest BCUT2D eigenvalue weighted by molar-refractivity contribution is 6.10. The van der Waals surface area contributed by atoms with Crippen LogP contribution in [0.4, 0.5) is 74.6 Å². The van der Waals surface area contributed by atoms with E-state index < -0.39 is 126 Å². The number of fused-ring (bicyclic) bond motifs is 1. The fourth-order valence-electron chi connectivity index (χ4n) is 6.85. The molecule has 2 heterocycles. The molecule has 2 aliphatic heterocycles. The van der Waals surface area contributed by atoms with Gasteiger partial charge in [-0.25, -0.2) is 4.79 Å². The van der Waals surface area contributed by atoms with Crippen molar-refractivity contribution in [1.82, 2.24) is 15.1 Å². The molecule has 0 aromatic heterocycles. The molecule has 3 amide bonds. The minimum absolute atomic E-state index is 0.139. The summed E-state index contributed by atoms with van der Waals surface area (Å²) in [7, 11) is 1.30. The van der Waals surface area contributed by atoms with Gasteiger partial charge in [-0.2, -0.15) is 74.6 Å². The summed E-state index contributed by atoms with van der Waals surface area (Å²) in [5, 5.41) is 2.91. The largest absolute Gasteiger partial charge is 0.497 e. The molecule has 348 valence electrons. The Labute approximate surface area is 335 Å². The molecule has 0 saturated carbocycles. The van der Waals surface area contributed by atoms with Gasteiger partial charge in [-0.15, -0.1) is 0 Å². The van der Waals surface area contributed by atoms with Gasteiger partial charge in [0.1, 0.15) is 5.75 Å². The van der Waals surface area contributed by atoms with Crippen molar-refractivity contribution in [1.29, 1.82) is 0 Å². The van der Waals surface area contributed by atoms with Crippen LogP contribution in [0.3, 0.4) is 0 Å². The van der Waals surface area contributed by atoms with Gasteiger partial charge in [0, 0.05) is 18.5 Å². The van der Waals surface area contributed by atoms with Crippen LogP contribution >= 0.6 is 0 Å². The maximum Gasteiger partial charge on any atom is 0.460 e. The van der Waals surface area contributed by atoms with Crippen molar-refractivity contribution in [2.45, 2.75) is 119 Å². The van der Waals surface area contributed by atoms with Crippen LogP contribution in [0.1, 0.15) is 65.5 Å². The van der Waals surface area contributed by atoms with Crippen molar-refractivity contribution >= 4 is 23.7 Å². The number of esters is 1. The third-order valence-electron chi connectivity index (χ3n) is 10.9. The summed E-state index contributed by atoms with van der Waals surface area (Å²) >= 11 is 0. The molecule has 1 N–H and O–H groups in total. The summed E-state index contributed by atoms with van der Waals surface area (Å²) in [6.07, 6.45) is -12.2. The van der Waals surface area contributed by atoms with Crippen LogP contribution < -0.4 is 10.1 Å². The van der Waals surface area contributed by atoms with Gasteiger partial charge in [0.15, 0.2) is 5.54 Å². The minimum Gasteiger partial charge on any atom is -0.497 e. The average molecular weight is 920 g/mol. The Morgan fingerprint density at radius 2 is 1.21 bits per heavy atom. The van der Waals surface area contributed by atoms with E-state index in [4.69, 9.17) is 9.47 Å². The topological polar surface area (TPSA) is 105 Å². The van der Waals surface area contributed by atoms with Crippen molar-refractivity contribution in [3.05, 3.63) is 29.8 Å². The molecule has 26 heteroatoms. The summed E-state index contributed by atoms with van der Waals surface area (Å²) in [6.45, 7) is 4.88. The molecule has 3 rings (SSSR count). The van der Waals surface area contributed by atoms with Crippen LogP contribution in [-0.2, 0) is 23.9 Å². The molecule has 2 fully saturated rings. The van der Waals surface area contributed by atoms with E-state index in [0.29, 0.717) is 6.42 Å². The van der Waals surface area contributed by atoms with Crippen LogP contribution in [-0.4, -0.2) is 119 Å². The number of alkyl halides is 17. The number of nitrogens with zero attached hydrogens (tertiary/aromatic N) is 2. The molecule has 1 aromatic rings. The lowest BCUT2D eigenvalue weighted by Crippen LogP contribution is -2.74. The van der Waals surface area contributed by atoms with E-state index in [1.807, 2.05) is 0 Å². The first kappa shape index (κ1) is 51.2. The Morgan fingerprint density at radius 3 is 1.66 bits per heavy atom. The van der Waals surface area contributed by atoms with Crippen molar-refractivity contribution in [2.24, 2.45) is 11.8 Å². The first-order valence-corrected chi connectivity index (χ1v) is 17.8. The van der Waals surface area contributed by atoms with E-state index in [9.17, 15) is 93.8 Å². The SMILES string of the molecule is CCN1C(=O)[C@H]2[C@@H](c3ccc(OC)cc3)N(C(=O)CNC(C)(C)CC)[C@@](C)(C(=O)OCCCC(F)(F)C(F)(F)C(F)(F)C(F)(F)C(F)(F)C(F)(F)C(F)(F)C(F)(F)F)[C@H]2C1=O. The van der Waals surface area contributed by atoms with Crippen LogP contribution in [0.2, 0.25) is 0 Å². The molecule has 0 spiro atoms. The molecule has 9 nitrogen and oxygen atoms in total. The molecule has 2 saturated heterocycles. The average Bonchev–Trinajstić information content (AvgIpc) is 3.58. The second-order valence-electron chi connectivity index (χ2n) is 15.0. The van der Waals surface area contributed by atoms with Crippen molar-refractivity contribution in [2.75, 3.05) is 26.8 Å². The number of likely N-dealkylation sites (tertiary alicyclic amines) is 2. The molecule has 2 aliphatic rings. The van der Waals surface area contributed by atoms with Gasteiger partial charge in [-0.05, 0) is 58.2 Å². The fourth-order valence-corrected chi connectivity index (χ4v) is 6.85. The van der Waals surface area contributed by atoms with E-state index in [2.05, 4.69) is 5.32 Å². The van der Waals surface area contributed by atoms with Gasteiger partial charge in [0.05, 0.1) is 38.1 Å². The molecule has 0 radical (unpaired) electrons. The molecular weight excluding hydrogens is 881 g/mol. The molecule has 0 bridgehead atoms. The summed E-state index contributed by atoms with van der Waals surface area (Å²) in [5.74, 6) is -65.3. The quantitative estimate of drug-likeness (QED) is 0.0688. The molecule has 0 unspecified atom stereocenters. The molecule has 4 atom stereocenters. The molecule has 1 aromatic carbocycles. The number of carbonyl (C=O) groups excluding carboxylic acids is 4. The lowest BCUT2D eigenvalue weighted by atomic mass is 9.80. The van der Waals surface area contributed by atoms with Gasteiger partial charge in [0.2, 0.25) is 17.7 Å². The number of benzene rings is 1. The van der Waals surface area contributed by atoms with Gasteiger partial charge < -0.3 is 19.7 Å². The number of hydrogen-bond acceptors (Lipinski definition) is 7. The molecular formula is C35H38F17N3O6. The number of amides is 3. The predicted molar refractivity (Wildman–Crippen MR) is 174 cm³/mol. The molecule has 0 aliphatic carbocycles. The van der Waals surface area contributed by atoms with Gasteiger partial charge >= 0.3 is 53.6 Å². The number of ether oxygens (including phenoxy) is 2. The highest BCUT2D eigenvalue weighted by atomic mass is 19.4. The van der Waals surface area contributed by atoms with Crippen molar-refractivity contribution < 1.29 is 103 Å². The van der Waals surface area contributed by atoms with Gasteiger partial charge in [-0.3, -0.25) is 19.3 Å². The number of nitrogens with one attached hydrogen (secondary N) is 1. The maximum atomic E-state index is 14.6. The zero-order valence-electron chi connectivity index (χ0n) is 32.6. The van der Waals surface area contributed by atoms with E-state index in [0.717, 1.165) is 16.7 Å². The van der Waals surface area contributed by atoms with E-state index in [1.165, 1.54) is 38.3 Å². The number of halogens is 17. The Balaban J connectivity index is 2.00. The van der Waals surface area contributed by atoms with Gasteiger partial charge in [0.25, 0.3) is 0 Å². The first-order chi connectivity index (χ1) is 27.4. The van der Waals surface area contributed by atoms with Crippen LogP contribution in [0.5, 0.6) is 5.75 Å². The Bertz CT molecular complexity index is 1820. The summed E-state index contributed by atoms with van der Waals surface area (Å²) in [4.78, 5) is 57.1. The van der Waals surface area contributed by atoms with E-state index in [-0.39, 0.29) is 17.9 Å². The van der Waals surface area contributed by atoms with Gasteiger partial charge in [-0.1, -0.05) is 19.1 Å². The number of imide groups is 1. The second-order valence-corrected chi connectivity index (χ2v) is 15.0. The van der Waals surface area contributed by atoms with Crippen molar-refractivity contribution in [3.8, 4) is 5.75 Å². The summed E-state index contributed by atoms with van der Waals surface area (Å²) in [6, 6.07) is 4.05. The van der Waals surface area contributed by atoms with Crippen LogP contribution in [0, 0.1) is 11.8 Å². The normalized spacial score (nSPS) is 22.5. The number of hydrogen-bond donors (Lipinski definition) is 1. The number of rotatable bonds is 18. The smallest absolute Gasteiger partial charge is 0.460 e. The fraction of sp³-hybridized carbons (Fsp3) is 0.714. The maximum absolute atomic E-state index is 14.6. The summed E-state index contributed by atoms with van der Waals surface area (Å²) < 4.78 is 243. The van der Waals surface area contributed by atoms with Crippen LogP contribution in [0.15, 0.2) is 24.3 Å². The highest BCUT2D eigenvalue weighted by Gasteiger charge is 2.95. The monoisotopic (exact) mass is 919 g/mol. The Hall–Kier alpha value is -4.13. The lowest BCUT2D eigenvalue weighted by molar-refractivity contribution is -0.461. The number of carbonyl (C=O) groups is 4. The zero-order valence-corrected chi connectivity index (χ0v) is 32.6. The van der Waals surface area contributed by atoms with E-state index >= 15 is 0 Å². The second kappa shape index (κ2) is 16.2.